The first-order valence-corrected chi connectivity index (χ1v) is 9.59. The summed E-state index contributed by atoms with van der Waals surface area (Å²) in [6.07, 6.45) is 0. The first-order valence-electron chi connectivity index (χ1n) is 9.21. The van der Waals surface area contributed by atoms with Crippen LogP contribution in [0.5, 0.6) is 11.5 Å². The number of carbonyl (C=O) groups excluding carboxylic acids is 2. The Bertz CT molecular complexity index is 967. The summed E-state index contributed by atoms with van der Waals surface area (Å²) < 4.78 is 10.6. The van der Waals surface area contributed by atoms with E-state index in [-0.39, 0.29) is 23.4 Å². The zero-order valence-electron chi connectivity index (χ0n) is 16.8. The van der Waals surface area contributed by atoms with Gasteiger partial charge in [-0.1, -0.05) is 37.6 Å². The van der Waals surface area contributed by atoms with E-state index in [0.717, 1.165) is 0 Å². The van der Waals surface area contributed by atoms with Crippen LogP contribution in [-0.4, -0.2) is 37.5 Å². The predicted molar refractivity (Wildman–Crippen MR) is 113 cm³/mol. The molecular weight excluding hydrogens is 392 g/mol. The van der Waals surface area contributed by atoms with Crippen molar-refractivity contribution in [3.63, 3.8) is 0 Å². The number of carbonyl (C=O) groups is 2. The number of imide groups is 1. The summed E-state index contributed by atoms with van der Waals surface area (Å²) in [6, 6.07) is 12.0. The van der Waals surface area contributed by atoms with Crippen molar-refractivity contribution in [2.75, 3.05) is 26.1 Å². The molecule has 152 valence electrons. The third-order valence-electron chi connectivity index (χ3n) is 4.52. The minimum Gasteiger partial charge on any atom is -0.497 e. The second-order valence-corrected chi connectivity index (χ2v) is 7.50. The molecule has 7 heteroatoms. The normalized spacial score (nSPS) is 14.1. The number of anilines is 1. The molecule has 0 aromatic heterocycles. The lowest BCUT2D eigenvalue weighted by atomic mass is 10.0. The topological polar surface area (TPSA) is 67.9 Å². The van der Waals surface area contributed by atoms with Gasteiger partial charge in [0.25, 0.3) is 11.8 Å². The van der Waals surface area contributed by atoms with Crippen LogP contribution >= 0.6 is 11.6 Å². The number of methoxy groups -OCH3 is 2. The molecule has 0 fully saturated rings. The number of amides is 2. The van der Waals surface area contributed by atoms with E-state index in [4.69, 9.17) is 21.1 Å². The minimum atomic E-state index is -0.369. The number of benzene rings is 2. The first kappa shape index (κ1) is 20.7. The van der Waals surface area contributed by atoms with Crippen molar-refractivity contribution in [2.24, 2.45) is 5.92 Å². The van der Waals surface area contributed by atoms with Crippen LogP contribution < -0.4 is 14.8 Å². The molecule has 0 spiro atoms. The smallest absolute Gasteiger partial charge is 0.278 e. The van der Waals surface area contributed by atoms with Crippen LogP contribution in [0.1, 0.15) is 19.4 Å². The predicted octanol–water partition coefficient (Wildman–Crippen LogP) is 4.21. The van der Waals surface area contributed by atoms with E-state index in [1.807, 2.05) is 13.8 Å². The van der Waals surface area contributed by atoms with Gasteiger partial charge >= 0.3 is 0 Å². The number of nitrogens with one attached hydrogen (secondary N) is 1. The molecule has 0 bridgehead atoms. The number of hydrogen-bond donors (Lipinski definition) is 1. The van der Waals surface area contributed by atoms with Gasteiger partial charge in [0.1, 0.15) is 17.2 Å². The highest BCUT2D eigenvalue weighted by Gasteiger charge is 2.39. The molecule has 0 saturated heterocycles. The highest BCUT2D eigenvalue weighted by atomic mass is 35.5. The van der Waals surface area contributed by atoms with Crippen molar-refractivity contribution >= 4 is 34.7 Å². The van der Waals surface area contributed by atoms with E-state index >= 15 is 0 Å². The van der Waals surface area contributed by atoms with Gasteiger partial charge in [-0.25, -0.2) is 0 Å². The highest BCUT2D eigenvalue weighted by molar-refractivity contribution is 6.37. The molecule has 2 aromatic carbocycles. The summed E-state index contributed by atoms with van der Waals surface area (Å²) in [4.78, 5) is 27.5. The van der Waals surface area contributed by atoms with E-state index in [2.05, 4.69) is 5.32 Å². The summed E-state index contributed by atoms with van der Waals surface area (Å²) in [7, 11) is 3.09. The molecule has 0 atom stereocenters. The van der Waals surface area contributed by atoms with Gasteiger partial charge in [0.2, 0.25) is 0 Å². The average molecular weight is 415 g/mol. The van der Waals surface area contributed by atoms with E-state index in [0.29, 0.717) is 39.9 Å². The molecule has 2 aromatic rings. The Balaban J connectivity index is 2.08. The molecule has 2 amide bonds. The van der Waals surface area contributed by atoms with Crippen molar-refractivity contribution in [1.82, 2.24) is 4.90 Å². The van der Waals surface area contributed by atoms with Crippen LogP contribution in [-0.2, 0) is 9.59 Å². The monoisotopic (exact) mass is 414 g/mol. The van der Waals surface area contributed by atoms with Crippen molar-refractivity contribution < 1.29 is 19.1 Å². The number of ether oxygens (including phenoxy) is 2. The van der Waals surface area contributed by atoms with Crippen LogP contribution in [0, 0.1) is 5.92 Å². The van der Waals surface area contributed by atoms with E-state index in [1.54, 1.807) is 49.6 Å². The number of hydrogen-bond acceptors (Lipinski definition) is 5. The summed E-state index contributed by atoms with van der Waals surface area (Å²) in [5.74, 6) is 0.557. The summed E-state index contributed by atoms with van der Waals surface area (Å²) in [5, 5.41) is 3.66. The zero-order valence-corrected chi connectivity index (χ0v) is 17.5. The van der Waals surface area contributed by atoms with Crippen LogP contribution in [0.15, 0.2) is 48.2 Å². The Kier molecular flexibility index (Phi) is 6.13. The number of rotatable bonds is 7. The van der Waals surface area contributed by atoms with Crippen LogP contribution in [0.4, 0.5) is 5.69 Å². The second kappa shape index (κ2) is 8.57. The molecular formula is C22H23ClN2O4. The Morgan fingerprint density at radius 1 is 1.00 bits per heavy atom. The molecule has 0 unspecified atom stereocenters. The molecule has 0 aliphatic carbocycles. The summed E-state index contributed by atoms with van der Waals surface area (Å²) in [6.45, 7) is 4.25. The molecule has 1 N–H and O–H groups in total. The number of nitrogens with zero attached hydrogens (tertiary/aromatic N) is 1. The lowest BCUT2D eigenvalue weighted by Gasteiger charge is -2.18. The van der Waals surface area contributed by atoms with Gasteiger partial charge in [0.15, 0.2) is 0 Å². The maximum Gasteiger partial charge on any atom is 0.278 e. The van der Waals surface area contributed by atoms with Gasteiger partial charge in [-0.05, 0) is 35.7 Å². The van der Waals surface area contributed by atoms with Crippen molar-refractivity contribution in [2.45, 2.75) is 13.8 Å². The fourth-order valence-corrected chi connectivity index (χ4v) is 3.27. The van der Waals surface area contributed by atoms with Crippen molar-refractivity contribution in [1.29, 1.82) is 0 Å². The molecule has 0 radical (unpaired) electrons. The lowest BCUT2D eigenvalue weighted by molar-refractivity contribution is -0.137. The fraction of sp³-hybridized carbons (Fsp3) is 0.273. The van der Waals surface area contributed by atoms with Crippen LogP contribution in [0.25, 0.3) is 5.57 Å². The van der Waals surface area contributed by atoms with Gasteiger partial charge in [0, 0.05) is 17.6 Å². The standard InChI is InChI=1S/C22H23ClN2O4/c1-13(2)12-25-21(26)19(14-5-7-15(23)8-6-14)20(22(25)27)24-17-10-9-16(28-3)11-18(17)29-4/h5-11,13,24H,12H2,1-4H3. The zero-order chi connectivity index (χ0) is 21.1. The second-order valence-electron chi connectivity index (χ2n) is 7.06. The molecule has 29 heavy (non-hydrogen) atoms. The van der Waals surface area contributed by atoms with Gasteiger partial charge in [0.05, 0.1) is 25.5 Å². The minimum absolute atomic E-state index is 0.143. The summed E-state index contributed by atoms with van der Waals surface area (Å²) in [5.41, 5.74) is 1.70. The quantitative estimate of drug-likeness (QED) is 0.687. The fourth-order valence-electron chi connectivity index (χ4n) is 3.14. The van der Waals surface area contributed by atoms with E-state index in [9.17, 15) is 9.59 Å². The van der Waals surface area contributed by atoms with Crippen LogP contribution in [0.3, 0.4) is 0 Å². The Morgan fingerprint density at radius 2 is 1.69 bits per heavy atom. The number of halogens is 1. The Morgan fingerprint density at radius 3 is 2.28 bits per heavy atom. The largest absolute Gasteiger partial charge is 0.497 e. The molecule has 0 saturated carbocycles. The SMILES string of the molecule is COc1ccc(NC2=C(c3ccc(Cl)cc3)C(=O)N(CC(C)C)C2=O)c(OC)c1. The molecule has 3 rings (SSSR count). The third-order valence-corrected chi connectivity index (χ3v) is 4.77. The van der Waals surface area contributed by atoms with Gasteiger partial charge in [-0.2, -0.15) is 0 Å². The summed E-state index contributed by atoms with van der Waals surface area (Å²) >= 11 is 5.99. The van der Waals surface area contributed by atoms with Crippen molar-refractivity contribution in [3.8, 4) is 11.5 Å². The first-order chi connectivity index (χ1) is 13.8. The van der Waals surface area contributed by atoms with E-state index < -0.39 is 0 Å². The highest BCUT2D eigenvalue weighted by Crippen LogP contribution is 2.35. The molecule has 6 nitrogen and oxygen atoms in total. The van der Waals surface area contributed by atoms with Crippen molar-refractivity contribution in [3.05, 3.63) is 58.7 Å². The molecule has 1 aliphatic rings. The van der Waals surface area contributed by atoms with Gasteiger partial charge < -0.3 is 14.8 Å². The molecule has 1 heterocycles. The Labute approximate surface area is 175 Å². The lowest BCUT2D eigenvalue weighted by Crippen LogP contribution is -2.35. The van der Waals surface area contributed by atoms with E-state index in [1.165, 1.54) is 12.0 Å². The third kappa shape index (κ3) is 4.22. The van der Waals surface area contributed by atoms with Gasteiger partial charge in [-0.3, -0.25) is 14.5 Å². The average Bonchev–Trinajstić information content (AvgIpc) is 2.93. The maximum absolute atomic E-state index is 13.1. The van der Waals surface area contributed by atoms with Crippen LogP contribution in [0.2, 0.25) is 5.02 Å². The van der Waals surface area contributed by atoms with Gasteiger partial charge in [-0.15, -0.1) is 0 Å². The molecule has 1 aliphatic heterocycles. The maximum atomic E-state index is 13.1. The Hall–Kier alpha value is -2.99.